The molecule has 1 unspecified atom stereocenters. The normalized spacial score (nSPS) is 21.8. The van der Waals surface area contributed by atoms with Gasteiger partial charge in [-0.15, -0.1) is 0 Å². The number of amides is 1. The molecule has 0 saturated carbocycles. The van der Waals surface area contributed by atoms with Crippen molar-refractivity contribution in [2.45, 2.75) is 39.9 Å². The Morgan fingerprint density at radius 1 is 1.21 bits per heavy atom. The number of aryl methyl sites for hydroxylation is 1. The number of aliphatic hydroxyl groups is 1. The van der Waals surface area contributed by atoms with Crippen molar-refractivity contribution >= 4 is 28.5 Å². The quantitative estimate of drug-likeness (QED) is 0.604. The van der Waals surface area contributed by atoms with E-state index in [1.807, 2.05) is 13.8 Å². The highest BCUT2D eigenvalue weighted by molar-refractivity contribution is 6.31. The summed E-state index contributed by atoms with van der Waals surface area (Å²) >= 11 is 6.39. The molecule has 0 radical (unpaired) electrons. The number of carbonyl (C=O) groups excluding carboxylic acids is 1. The Kier molecular flexibility index (Phi) is 6.41. The number of carbonyl (C=O) groups is 1. The van der Waals surface area contributed by atoms with Gasteiger partial charge in [-0.2, -0.15) is 0 Å². The van der Waals surface area contributed by atoms with E-state index >= 15 is 0 Å². The second kappa shape index (κ2) is 9.11. The van der Waals surface area contributed by atoms with Gasteiger partial charge in [-0.25, -0.2) is 9.97 Å². The number of H-pyrrole nitrogens is 1. The Bertz CT molecular complexity index is 1230. The SMILES string of the molecule is Cc1nc2cc(Cl)c([C@H](C)Oc3ccc(C(=O)N4C[C@@H](C)C(O)[C@@H](C)C4)cc3)nc2c(=O)[nH]1. The summed E-state index contributed by atoms with van der Waals surface area (Å²) < 4.78 is 5.98. The minimum Gasteiger partial charge on any atom is -0.484 e. The Hall–Kier alpha value is -2.97. The standard InChI is InChI=1S/C24H27ClN4O4/c1-12-10-29(11-13(2)22(12)30)24(32)16-5-7-17(8-6-16)33-14(3)20-18(25)9-19-21(28-20)23(31)27-15(4)26-19/h5-9,12-14,22,30H,10-11H2,1-4H3,(H,26,27,31)/t12-,13+,14-,22?/m0/s1. The van der Waals surface area contributed by atoms with Crippen molar-refractivity contribution in [3.05, 3.63) is 62.8 Å². The molecule has 8 nitrogen and oxygen atoms in total. The van der Waals surface area contributed by atoms with Crippen LogP contribution in [0.25, 0.3) is 11.0 Å². The molecule has 2 N–H and O–H groups in total. The molecule has 1 fully saturated rings. The number of hydrogen-bond donors (Lipinski definition) is 2. The molecule has 3 aromatic rings. The number of nitrogens with zero attached hydrogens (tertiary/aromatic N) is 3. The van der Waals surface area contributed by atoms with Crippen molar-refractivity contribution in [3.63, 3.8) is 0 Å². The maximum absolute atomic E-state index is 12.9. The van der Waals surface area contributed by atoms with E-state index in [1.165, 1.54) is 0 Å². The van der Waals surface area contributed by atoms with Crippen molar-refractivity contribution in [1.82, 2.24) is 19.9 Å². The van der Waals surface area contributed by atoms with Crippen LogP contribution < -0.4 is 10.3 Å². The largest absolute Gasteiger partial charge is 0.484 e. The first-order chi connectivity index (χ1) is 15.6. The molecule has 0 bridgehead atoms. The fourth-order valence-electron chi connectivity index (χ4n) is 4.29. The van der Waals surface area contributed by atoms with Crippen molar-refractivity contribution < 1.29 is 14.6 Å². The summed E-state index contributed by atoms with van der Waals surface area (Å²) in [7, 11) is 0. The molecule has 0 aliphatic carbocycles. The Labute approximate surface area is 196 Å². The average molecular weight is 471 g/mol. The van der Waals surface area contributed by atoms with Crippen LogP contribution in [-0.2, 0) is 0 Å². The highest BCUT2D eigenvalue weighted by Gasteiger charge is 2.33. The van der Waals surface area contributed by atoms with E-state index in [0.717, 1.165) is 0 Å². The van der Waals surface area contributed by atoms with Gasteiger partial charge in [-0.1, -0.05) is 25.4 Å². The number of ether oxygens (including phenoxy) is 1. The number of aromatic nitrogens is 3. The van der Waals surface area contributed by atoms with E-state index in [0.29, 0.717) is 46.5 Å². The maximum Gasteiger partial charge on any atom is 0.277 e. The number of benzene rings is 1. The number of likely N-dealkylation sites (tertiary alicyclic amines) is 1. The van der Waals surface area contributed by atoms with Gasteiger partial charge in [0.2, 0.25) is 0 Å². The molecule has 4 rings (SSSR count). The molecule has 3 heterocycles. The van der Waals surface area contributed by atoms with Crippen LogP contribution in [0.15, 0.2) is 35.1 Å². The monoisotopic (exact) mass is 470 g/mol. The summed E-state index contributed by atoms with van der Waals surface area (Å²) in [6, 6.07) is 8.50. The van der Waals surface area contributed by atoms with Crippen molar-refractivity contribution in [2.75, 3.05) is 13.1 Å². The second-order valence-electron chi connectivity index (χ2n) is 8.81. The predicted molar refractivity (Wildman–Crippen MR) is 126 cm³/mol. The lowest BCUT2D eigenvalue weighted by Crippen LogP contribution is -2.49. The number of aromatic amines is 1. The number of nitrogens with one attached hydrogen (secondary N) is 1. The molecule has 33 heavy (non-hydrogen) atoms. The van der Waals surface area contributed by atoms with Crippen molar-refractivity contribution in [2.24, 2.45) is 11.8 Å². The first kappa shape index (κ1) is 23.2. The number of halogens is 1. The molecule has 0 spiro atoms. The molecular formula is C24H27ClN4O4. The van der Waals surface area contributed by atoms with Crippen LogP contribution in [-0.4, -0.2) is 50.1 Å². The third-order valence-corrected chi connectivity index (χ3v) is 6.35. The van der Waals surface area contributed by atoms with Crippen LogP contribution in [0, 0.1) is 18.8 Å². The lowest BCUT2D eigenvalue weighted by Gasteiger charge is -2.38. The summed E-state index contributed by atoms with van der Waals surface area (Å²) in [4.78, 5) is 38.2. The Morgan fingerprint density at radius 3 is 2.48 bits per heavy atom. The van der Waals surface area contributed by atoms with Crippen LogP contribution in [0.3, 0.4) is 0 Å². The number of piperidine rings is 1. The number of rotatable bonds is 4. The van der Waals surface area contributed by atoms with Gasteiger partial charge in [-0.3, -0.25) is 9.59 Å². The third-order valence-electron chi connectivity index (χ3n) is 6.05. The molecule has 9 heteroatoms. The van der Waals surface area contributed by atoms with Crippen LogP contribution in [0.5, 0.6) is 5.75 Å². The zero-order chi connectivity index (χ0) is 23.9. The fraction of sp³-hybridized carbons (Fsp3) is 0.417. The lowest BCUT2D eigenvalue weighted by atomic mass is 9.88. The molecule has 1 aromatic carbocycles. The summed E-state index contributed by atoms with van der Waals surface area (Å²) in [6.07, 6.45) is -0.924. The zero-order valence-electron chi connectivity index (χ0n) is 19.0. The van der Waals surface area contributed by atoms with Crippen LogP contribution >= 0.6 is 11.6 Å². The third kappa shape index (κ3) is 4.72. The van der Waals surface area contributed by atoms with E-state index in [-0.39, 0.29) is 28.8 Å². The molecule has 174 valence electrons. The van der Waals surface area contributed by atoms with Crippen molar-refractivity contribution in [1.29, 1.82) is 0 Å². The molecule has 1 amide bonds. The smallest absolute Gasteiger partial charge is 0.277 e. The topological polar surface area (TPSA) is 108 Å². The number of pyridine rings is 1. The Balaban J connectivity index is 1.50. The van der Waals surface area contributed by atoms with E-state index in [2.05, 4.69) is 15.0 Å². The number of aliphatic hydroxyl groups excluding tert-OH is 1. The lowest BCUT2D eigenvalue weighted by molar-refractivity contribution is -0.00351. The van der Waals surface area contributed by atoms with Gasteiger partial charge < -0.3 is 19.7 Å². The van der Waals surface area contributed by atoms with E-state index in [4.69, 9.17) is 16.3 Å². The molecule has 1 saturated heterocycles. The van der Waals surface area contributed by atoms with Crippen LogP contribution in [0.4, 0.5) is 0 Å². The zero-order valence-corrected chi connectivity index (χ0v) is 19.8. The van der Waals surface area contributed by atoms with Gasteiger partial charge in [0, 0.05) is 18.7 Å². The van der Waals surface area contributed by atoms with Gasteiger partial charge in [0.25, 0.3) is 11.5 Å². The summed E-state index contributed by atoms with van der Waals surface area (Å²) in [5.41, 5.74) is 1.27. The molecule has 1 aliphatic heterocycles. The summed E-state index contributed by atoms with van der Waals surface area (Å²) in [5.74, 6) is 1.03. The molecule has 1 aliphatic rings. The average Bonchev–Trinajstić information content (AvgIpc) is 2.76. The van der Waals surface area contributed by atoms with Gasteiger partial charge in [0.1, 0.15) is 23.4 Å². The van der Waals surface area contributed by atoms with E-state index in [9.17, 15) is 14.7 Å². The van der Waals surface area contributed by atoms with Gasteiger partial charge in [0.05, 0.1) is 16.6 Å². The predicted octanol–water partition coefficient (Wildman–Crippen LogP) is 3.51. The highest BCUT2D eigenvalue weighted by Crippen LogP contribution is 2.28. The molecule has 4 atom stereocenters. The first-order valence-corrected chi connectivity index (χ1v) is 11.3. The minimum atomic E-state index is -0.533. The maximum atomic E-state index is 12.9. The van der Waals surface area contributed by atoms with Gasteiger partial charge in [0.15, 0.2) is 5.52 Å². The van der Waals surface area contributed by atoms with Gasteiger partial charge in [-0.05, 0) is 56.0 Å². The molecule has 2 aromatic heterocycles. The molecular weight excluding hydrogens is 444 g/mol. The fourth-order valence-corrected chi connectivity index (χ4v) is 4.59. The van der Waals surface area contributed by atoms with E-state index in [1.54, 1.807) is 49.1 Å². The summed E-state index contributed by atoms with van der Waals surface area (Å²) in [6.45, 7) is 8.44. The number of fused-ring (bicyclic) bond motifs is 1. The van der Waals surface area contributed by atoms with E-state index < -0.39 is 12.2 Å². The minimum absolute atomic E-state index is 0.0340. The van der Waals surface area contributed by atoms with Crippen LogP contribution in [0.1, 0.15) is 48.8 Å². The Morgan fingerprint density at radius 2 is 1.85 bits per heavy atom. The van der Waals surface area contributed by atoms with Crippen molar-refractivity contribution in [3.8, 4) is 5.75 Å². The first-order valence-electron chi connectivity index (χ1n) is 10.9. The van der Waals surface area contributed by atoms with Crippen LogP contribution in [0.2, 0.25) is 5.02 Å². The number of hydrogen-bond acceptors (Lipinski definition) is 6. The highest BCUT2D eigenvalue weighted by atomic mass is 35.5. The summed E-state index contributed by atoms with van der Waals surface area (Å²) in [5, 5.41) is 10.5. The second-order valence-corrected chi connectivity index (χ2v) is 9.22. The van der Waals surface area contributed by atoms with Gasteiger partial charge >= 0.3 is 0 Å².